The van der Waals surface area contributed by atoms with Crippen LogP contribution in [0.5, 0.6) is 0 Å². The molecule has 1 aliphatic heterocycles. The third-order valence-corrected chi connectivity index (χ3v) is 5.64. The van der Waals surface area contributed by atoms with Gasteiger partial charge in [0.1, 0.15) is 16.1 Å². The van der Waals surface area contributed by atoms with E-state index in [1.54, 1.807) is 13.8 Å². The Morgan fingerprint density at radius 2 is 1.91 bits per heavy atom. The molecule has 1 amide bonds. The van der Waals surface area contributed by atoms with Crippen molar-refractivity contribution in [2.24, 2.45) is 0 Å². The van der Waals surface area contributed by atoms with Gasteiger partial charge in [0.25, 0.3) is 5.91 Å². The first-order chi connectivity index (χ1) is 9.95. The van der Waals surface area contributed by atoms with E-state index in [-0.39, 0.29) is 12.6 Å². The highest BCUT2D eigenvalue weighted by Gasteiger charge is 2.44. The number of nitrogens with zero attached hydrogens (tertiary/aromatic N) is 1. The highest BCUT2D eigenvalue weighted by Crippen LogP contribution is 2.40. The van der Waals surface area contributed by atoms with Crippen LogP contribution < -0.4 is 5.32 Å². The summed E-state index contributed by atoms with van der Waals surface area (Å²) in [6.45, 7) is 11.0. The van der Waals surface area contributed by atoms with Crippen molar-refractivity contribution >= 4 is 44.1 Å². The maximum atomic E-state index is 12.8. The lowest BCUT2D eigenvalue weighted by atomic mass is 10.00. The number of hydrogen-bond acceptors (Lipinski definition) is 5. The summed E-state index contributed by atoms with van der Waals surface area (Å²) in [5.41, 5.74) is -0.120. The molecule has 5 nitrogen and oxygen atoms in total. The lowest BCUT2D eigenvalue weighted by Crippen LogP contribution is -2.57. The fraction of sp³-hybridized carbons (Fsp3) is 0.600. The second-order valence-corrected chi connectivity index (χ2v) is 9.17. The minimum Gasteiger partial charge on any atom is -0.458 e. The highest BCUT2D eigenvalue weighted by atomic mass is 79.9. The number of hydrogen-bond donors (Lipinski definition) is 1. The average Bonchev–Trinajstić information content (AvgIpc) is 2.63. The Hall–Kier alpha value is -1.08. The second kappa shape index (κ2) is 5.53. The normalized spacial score (nSPS) is 15.4. The van der Waals surface area contributed by atoms with Gasteiger partial charge >= 0.3 is 5.97 Å². The van der Waals surface area contributed by atoms with Crippen LogP contribution in [0.1, 0.15) is 50.5 Å². The Balaban J connectivity index is 2.32. The number of carbonyl (C=O) groups is 2. The van der Waals surface area contributed by atoms with Gasteiger partial charge in [0.2, 0.25) is 0 Å². The van der Waals surface area contributed by atoms with Gasteiger partial charge in [0.05, 0.1) is 16.0 Å². The fourth-order valence-electron chi connectivity index (χ4n) is 2.19. The van der Waals surface area contributed by atoms with Crippen molar-refractivity contribution in [3.05, 3.63) is 14.9 Å². The molecule has 2 rings (SSSR count). The zero-order valence-corrected chi connectivity index (χ0v) is 16.1. The number of nitrogens with one attached hydrogen (secondary N) is 1. The molecule has 7 heteroatoms. The van der Waals surface area contributed by atoms with E-state index < -0.39 is 17.1 Å². The second-order valence-electron chi connectivity index (χ2n) is 6.83. The molecule has 0 unspecified atom stereocenters. The van der Waals surface area contributed by atoms with Crippen molar-refractivity contribution in [1.82, 2.24) is 4.90 Å². The van der Waals surface area contributed by atoms with Gasteiger partial charge in [-0.05, 0) is 63.0 Å². The average molecular weight is 389 g/mol. The summed E-state index contributed by atoms with van der Waals surface area (Å²) >= 11 is 4.95. The molecular weight excluding hydrogens is 368 g/mol. The SMILES string of the molecule is Cc1c(Br)sc2c1C(=O)N(C(C)(C)C(=O)OC(C)(C)C)CN2. The van der Waals surface area contributed by atoms with E-state index in [4.69, 9.17) is 4.74 Å². The Morgan fingerprint density at radius 3 is 2.45 bits per heavy atom. The monoisotopic (exact) mass is 388 g/mol. The number of amides is 1. The summed E-state index contributed by atoms with van der Waals surface area (Å²) in [6.07, 6.45) is 0. The lowest BCUT2D eigenvalue weighted by molar-refractivity contribution is -0.166. The molecule has 122 valence electrons. The number of ether oxygens (including phenoxy) is 1. The van der Waals surface area contributed by atoms with Crippen molar-refractivity contribution in [2.45, 2.75) is 52.7 Å². The van der Waals surface area contributed by atoms with Crippen molar-refractivity contribution in [2.75, 3.05) is 12.0 Å². The van der Waals surface area contributed by atoms with Gasteiger partial charge in [-0.15, -0.1) is 11.3 Å². The Labute approximate surface area is 143 Å². The third kappa shape index (κ3) is 3.01. The summed E-state index contributed by atoms with van der Waals surface area (Å²) in [5, 5.41) is 4.05. The molecule has 1 aromatic rings. The van der Waals surface area contributed by atoms with Gasteiger partial charge in [0, 0.05) is 0 Å². The molecule has 0 aromatic carbocycles. The van der Waals surface area contributed by atoms with E-state index in [0.29, 0.717) is 5.56 Å². The van der Waals surface area contributed by atoms with Crippen LogP contribution in [0, 0.1) is 6.92 Å². The standard InChI is InChI=1S/C15H21BrN2O3S/c1-8-9-11(22-10(8)16)17-7-18(12(9)19)15(5,6)13(20)21-14(2,3)4/h17H,7H2,1-6H3. The number of anilines is 1. The number of rotatable bonds is 2. The van der Waals surface area contributed by atoms with Gasteiger partial charge in [-0.3, -0.25) is 4.79 Å². The maximum Gasteiger partial charge on any atom is 0.332 e. The summed E-state index contributed by atoms with van der Waals surface area (Å²) in [7, 11) is 0. The molecule has 0 bridgehead atoms. The van der Waals surface area contributed by atoms with Crippen LogP contribution >= 0.6 is 27.3 Å². The van der Waals surface area contributed by atoms with Crippen molar-refractivity contribution in [1.29, 1.82) is 0 Å². The molecule has 1 N–H and O–H groups in total. The van der Waals surface area contributed by atoms with Gasteiger partial charge in [-0.2, -0.15) is 0 Å². The Bertz CT molecular complexity index is 631. The van der Waals surface area contributed by atoms with Crippen LogP contribution in [-0.4, -0.2) is 34.6 Å². The molecule has 0 atom stereocenters. The number of fused-ring (bicyclic) bond motifs is 1. The van der Waals surface area contributed by atoms with Gasteiger partial charge in [-0.1, -0.05) is 0 Å². The van der Waals surface area contributed by atoms with Crippen LogP contribution in [0.4, 0.5) is 5.00 Å². The molecule has 0 radical (unpaired) electrons. The fourth-order valence-corrected chi connectivity index (χ4v) is 3.79. The van der Waals surface area contributed by atoms with E-state index in [0.717, 1.165) is 14.4 Å². The van der Waals surface area contributed by atoms with Gasteiger partial charge < -0.3 is 15.0 Å². The van der Waals surface area contributed by atoms with E-state index in [9.17, 15) is 9.59 Å². The van der Waals surface area contributed by atoms with E-state index in [1.165, 1.54) is 16.2 Å². The molecule has 22 heavy (non-hydrogen) atoms. The third-order valence-electron chi connectivity index (χ3n) is 3.52. The van der Waals surface area contributed by atoms with Crippen LogP contribution in [0.3, 0.4) is 0 Å². The molecule has 1 aromatic heterocycles. The highest BCUT2D eigenvalue weighted by molar-refractivity contribution is 9.11. The quantitative estimate of drug-likeness (QED) is 0.783. The van der Waals surface area contributed by atoms with Crippen molar-refractivity contribution in [3.63, 3.8) is 0 Å². The van der Waals surface area contributed by atoms with E-state index in [1.807, 2.05) is 27.7 Å². The van der Waals surface area contributed by atoms with E-state index in [2.05, 4.69) is 21.2 Å². The molecule has 0 saturated heterocycles. The molecule has 0 spiro atoms. The summed E-state index contributed by atoms with van der Waals surface area (Å²) in [4.78, 5) is 26.8. The molecule has 0 fully saturated rings. The first-order valence-electron chi connectivity index (χ1n) is 7.03. The van der Waals surface area contributed by atoms with Crippen molar-refractivity contribution in [3.8, 4) is 0 Å². The Kier molecular flexibility index (Phi) is 4.34. The number of thiophene rings is 1. The smallest absolute Gasteiger partial charge is 0.332 e. The molecule has 2 heterocycles. The number of esters is 1. The lowest BCUT2D eigenvalue weighted by Gasteiger charge is -2.40. The molecule has 1 aliphatic rings. The predicted octanol–water partition coefficient (Wildman–Crippen LogP) is 3.76. The van der Waals surface area contributed by atoms with Crippen LogP contribution in [-0.2, 0) is 9.53 Å². The maximum absolute atomic E-state index is 12.8. The number of carbonyl (C=O) groups excluding carboxylic acids is 2. The summed E-state index contributed by atoms with van der Waals surface area (Å²) in [6, 6.07) is 0. The van der Waals surface area contributed by atoms with Gasteiger partial charge in [-0.25, -0.2) is 4.79 Å². The summed E-state index contributed by atoms with van der Waals surface area (Å²) < 4.78 is 6.39. The first kappa shape index (κ1) is 17.3. The van der Waals surface area contributed by atoms with Crippen LogP contribution in [0.2, 0.25) is 0 Å². The zero-order chi connectivity index (χ0) is 16.9. The summed E-state index contributed by atoms with van der Waals surface area (Å²) in [5.74, 6) is -0.561. The van der Waals surface area contributed by atoms with Crippen LogP contribution in [0.25, 0.3) is 0 Å². The predicted molar refractivity (Wildman–Crippen MR) is 91.3 cm³/mol. The van der Waals surface area contributed by atoms with E-state index >= 15 is 0 Å². The Morgan fingerprint density at radius 1 is 1.32 bits per heavy atom. The minimum absolute atomic E-state index is 0.149. The largest absolute Gasteiger partial charge is 0.458 e. The molecule has 0 saturated carbocycles. The van der Waals surface area contributed by atoms with Gasteiger partial charge in [0.15, 0.2) is 0 Å². The topological polar surface area (TPSA) is 58.6 Å². The molecule has 0 aliphatic carbocycles. The van der Waals surface area contributed by atoms with Crippen molar-refractivity contribution < 1.29 is 14.3 Å². The zero-order valence-electron chi connectivity index (χ0n) is 13.7. The molecular formula is C15H21BrN2O3S. The van der Waals surface area contributed by atoms with Crippen LogP contribution in [0.15, 0.2) is 3.79 Å². The first-order valence-corrected chi connectivity index (χ1v) is 8.64. The number of halogens is 1. The minimum atomic E-state index is -1.05.